The molecule has 5 heteroatoms. The second kappa shape index (κ2) is 7.64. The number of benzene rings is 3. The highest BCUT2D eigenvalue weighted by Crippen LogP contribution is 2.45. The SMILES string of the molecule is CCCCOc1cccc(-c2ccc3c(c2)Nc2c(cccc2C(=O)O)O3)c1. The number of hydrogen-bond acceptors (Lipinski definition) is 4. The monoisotopic (exact) mass is 375 g/mol. The van der Waals surface area contributed by atoms with Crippen LogP contribution in [0.3, 0.4) is 0 Å². The molecule has 28 heavy (non-hydrogen) atoms. The Bertz CT molecular complexity index is 1030. The maximum Gasteiger partial charge on any atom is 0.337 e. The lowest BCUT2D eigenvalue weighted by Crippen LogP contribution is -2.08. The third-order valence-corrected chi connectivity index (χ3v) is 4.65. The Labute approximate surface area is 163 Å². The van der Waals surface area contributed by atoms with Gasteiger partial charge in [0, 0.05) is 0 Å². The number of ether oxygens (including phenoxy) is 2. The molecule has 1 heterocycles. The smallest absolute Gasteiger partial charge is 0.337 e. The fraction of sp³-hybridized carbons (Fsp3) is 0.174. The van der Waals surface area contributed by atoms with Gasteiger partial charge < -0.3 is 19.9 Å². The van der Waals surface area contributed by atoms with Crippen molar-refractivity contribution in [2.24, 2.45) is 0 Å². The highest BCUT2D eigenvalue weighted by Gasteiger charge is 2.22. The Balaban J connectivity index is 1.64. The molecule has 3 aromatic carbocycles. The number of carbonyl (C=O) groups is 1. The second-order valence-electron chi connectivity index (χ2n) is 6.65. The first-order chi connectivity index (χ1) is 13.7. The lowest BCUT2D eigenvalue weighted by Gasteiger charge is -2.23. The number of fused-ring (bicyclic) bond motifs is 2. The summed E-state index contributed by atoms with van der Waals surface area (Å²) < 4.78 is 11.7. The van der Waals surface area contributed by atoms with Gasteiger partial charge in [-0.25, -0.2) is 4.79 Å². The molecule has 0 saturated carbocycles. The lowest BCUT2D eigenvalue weighted by molar-refractivity contribution is 0.0697. The van der Waals surface area contributed by atoms with Crippen LogP contribution in [0.2, 0.25) is 0 Å². The van der Waals surface area contributed by atoms with Gasteiger partial charge in [-0.2, -0.15) is 0 Å². The maximum absolute atomic E-state index is 11.5. The van der Waals surface area contributed by atoms with Gasteiger partial charge in [0.2, 0.25) is 0 Å². The first-order valence-corrected chi connectivity index (χ1v) is 9.34. The molecular formula is C23H21NO4. The molecule has 0 unspecified atom stereocenters. The van der Waals surface area contributed by atoms with Crippen molar-refractivity contribution in [2.45, 2.75) is 19.8 Å². The minimum Gasteiger partial charge on any atom is -0.494 e. The number of anilines is 2. The number of para-hydroxylation sites is 1. The van der Waals surface area contributed by atoms with Crippen LogP contribution in [0.1, 0.15) is 30.1 Å². The average Bonchev–Trinajstić information content (AvgIpc) is 2.71. The van der Waals surface area contributed by atoms with E-state index in [4.69, 9.17) is 9.47 Å². The van der Waals surface area contributed by atoms with E-state index in [1.807, 2.05) is 42.5 Å². The molecule has 0 radical (unpaired) electrons. The van der Waals surface area contributed by atoms with Crippen LogP contribution in [0.4, 0.5) is 11.4 Å². The van der Waals surface area contributed by atoms with E-state index in [1.165, 1.54) is 0 Å². The number of rotatable bonds is 6. The zero-order valence-electron chi connectivity index (χ0n) is 15.6. The standard InChI is InChI=1S/C23H21NO4/c1-2-3-12-27-17-7-4-6-15(13-17)16-10-11-20-19(14-16)24-22-18(23(25)26)8-5-9-21(22)28-20/h4-11,13-14,24H,2-3,12H2,1H3,(H,25,26). The number of hydrogen-bond donors (Lipinski definition) is 2. The van der Waals surface area contributed by atoms with E-state index >= 15 is 0 Å². The predicted octanol–water partition coefficient (Wildman–Crippen LogP) is 6.08. The Kier molecular flexibility index (Phi) is 4.89. The minimum absolute atomic E-state index is 0.180. The van der Waals surface area contributed by atoms with Crippen LogP contribution in [-0.4, -0.2) is 17.7 Å². The van der Waals surface area contributed by atoms with Crippen molar-refractivity contribution >= 4 is 17.3 Å². The molecule has 0 aromatic heterocycles. The zero-order valence-corrected chi connectivity index (χ0v) is 15.6. The lowest BCUT2D eigenvalue weighted by atomic mass is 10.0. The summed E-state index contributed by atoms with van der Waals surface area (Å²) in [4.78, 5) is 11.5. The normalized spacial score (nSPS) is 11.6. The number of nitrogens with one attached hydrogen (secondary N) is 1. The molecule has 2 N–H and O–H groups in total. The summed E-state index contributed by atoms with van der Waals surface area (Å²) >= 11 is 0. The van der Waals surface area contributed by atoms with E-state index in [0.717, 1.165) is 35.4 Å². The number of carboxylic acids is 1. The van der Waals surface area contributed by atoms with Crippen LogP contribution in [0.5, 0.6) is 17.2 Å². The first-order valence-electron chi connectivity index (χ1n) is 9.34. The molecule has 0 fully saturated rings. The van der Waals surface area contributed by atoms with Crippen molar-refractivity contribution in [3.05, 3.63) is 66.2 Å². The van der Waals surface area contributed by atoms with Crippen molar-refractivity contribution < 1.29 is 19.4 Å². The summed E-state index contributed by atoms with van der Waals surface area (Å²) in [5.41, 5.74) is 3.40. The summed E-state index contributed by atoms with van der Waals surface area (Å²) in [5, 5.41) is 12.7. The summed E-state index contributed by atoms with van der Waals surface area (Å²) in [6.07, 6.45) is 2.12. The van der Waals surface area contributed by atoms with Gasteiger partial charge in [-0.15, -0.1) is 0 Å². The van der Waals surface area contributed by atoms with E-state index in [0.29, 0.717) is 23.8 Å². The molecule has 1 aliphatic heterocycles. The van der Waals surface area contributed by atoms with Crippen molar-refractivity contribution in [3.63, 3.8) is 0 Å². The van der Waals surface area contributed by atoms with E-state index in [-0.39, 0.29) is 5.56 Å². The summed E-state index contributed by atoms with van der Waals surface area (Å²) in [6, 6.07) is 18.8. The third kappa shape index (κ3) is 3.51. The first kappa shape index (κ1) is 17.9. The predicted molar refractivity (Wildman–Crippen MR) is 109 cm³/mol. The zero-order chi connectivity index (χ0) is 19.5. The third-order valence-electron chi connectivity index (χ3n) is 4.65. The van der Waals surface area contributed by atoms with E-state index < -0.39 is 5.97 Å². The molecule has 0 atom stereocenters. The molecule has 142 valence electrons. The van der Waals surface area contributed by atoms with Crippen LogP contribution >= 0.6 is 0 Å². The van der Waals surface area contributed by atoms with Gasteiger partial charge in [-0.05, 0) is 53.9 Å². The van der Waals surface area contributed by atoms with Gasteiger partial charge in [-0.3, -0.25) is 0 Å². The second-order valence-corrected chi connectivity index (χ2v) is 6.65. The van der Waals surface area contributed by atoms with E-state index in [1.54, 1.807) is 18.2 Å². The molecule has 1 aliphatic rings. The fourth-order valence-corrected chi connectivity index (χ4v) is 3.17. The highest BCUT2D eigenvalue weighted by atomic mass is 16.5. The minimum atomic E-state index is -0.996. The largest absolute Gasteiger partial charge is 0.494 e. The van der Waals surface area contributed by atoms with Gasteiger partial charge in [0.25, 0.3) is 0 Å². The number of aromatic carboxylic acids is 1. The van der Waals surface area contributed by atoms with Crippen molar-refractivity contribution in [3.8, 4) is 28.4 Å². The summed E-state index contributed by atoms with van der Waals surface area (Å²) in [7, 11) is 0. The molecule has 4 rings (SSSR count). The van der Waals surface area contributed by atoms with Crippen LogP contribution < -0.4 is 14.8 Å². The van der Waals surface area contributed by atoms with Gasteiger partial charge in [0.15, 0.2) is 11.5 Å². The molecule has 0 aliphatic carbocycles. The average molecular weight is 375 g/mol. The van der Waals surface area contributed by atoms with Crippen molar-refractivity contribution in [1.82, 2.24) is 0 Å². The van der Waals surface area contributed by atoms with Crippen LogP contribution in [0, 0.1) is 0 Å². The van der Waals surface area contributed by atoms with Crippen molar-refractivity contribution in [1.29, 1.82) is 0 Å². The molecular weight excluding hydrogens is 354 g/mol. The van der Waals surface area contributed by atoms with Crippen LogP contribution in [0.15, 0.2) is 60.7 Å². The van der Waals surface area contributed by atoms with Crippen LogP contribution in [-0.2, 0) is 0 Å². The highest BCUT2D eigenvalue weighted by molar-refractivity contribution is 5.98. The fourth-order valence-electron chi connectivity index (χ4n) is 3.17. The number of carboxylic acid groups (broad SMARTS) is 1. The Hall–Kier alpha value is -3.47. The molecule has 3 aromatic rings. The Morgan fingerprint density at radius 2 is 1.86 bits per heavy atom. The van der Waals surface area contributed by atoms with Crippen molar-refractivity contribution in [2.75, 3.05) is 11.9 Å². The Morgan fingerprint density at radius 1 is 1.04 bits per heavy atom. The molecule has 0 saturated heterocycles. The topological polar surface area (TPSA) is 67.8 Å². The van der Waals surface area contributed by atoms with Gasteiger partial charge in [0.05, 0.1) is 23.5 Å². The quantitative estimate of drug-likeness (QED) is 0.400. The molecule has 0 amide bonds. The van der Waals surface area contributed by atoms with E-state index in [2.05, 4.69) is 12.2 Å². The summed E-state index contributed by atoms with van der Waals surface area (Å²) in [6.45, 7) is 2.84. The van der Waals surface area contributed by atoms with Crippen LogP contribution in [0.25, 0.3) is 11.1 Å². The molecule has 0 spiro atoms. The van der Waals surface area contributed by atoms with Gasteiger partial charge in [-0.1, -0.05) is 37.6 Å². The maximum atomic E-state index is 11.5. The number of unbranched alkanes of at least 4 members (excludes halogenated alkanes) is 1. The summed E-state index contributed by atoms with van der Waals surface area (Å²) in [5.74, 6) is 1.01. The molecule has 5 nitrogen and oxygen atoms in total. The van der Waals surface area contributed by atoms with E-state index in [9.17, 15) is 9.90 Å². The molecule has 0 bridgehead atoms. The van der Waals surface area contributed by atoms with Gasteiger partial charge >= 0.3 is 5.97 Å². The van der Waals surface area contributed by atoms with Gasteiger partial charge in [0.1, 0.15) is 5.75 Å². The Morgan fingerprint density at radius 3 is 2.68 bits per heavy atom.